The van der Waals surface area contributed by atoms with Crippen molar-refractivity contribution in [3.8, 4) is 0 Å². The Morgan fingerprint density at radius 2 is 1.83 bits per heavy atom. The molecule has 1 spiro atoms. The van der Waals surface area contributed by atoms with Crippen molar-refractivity contribution >= 4 is 39.6 Å². The van der Waals surface area contributed by atoms with Crippen LogP contribution in [0, 0.1) is 11.8 Å². The number of cyclic esters (lactones) is 1. The Kier molecular flexibility index (Phi) is 10.5. The number of esters is 1. The van der Waals surface area contributed by atoms with Gasteiger partial charge in [0, 0.05) is 43.6 Å². The highest BCUT2D eigenvalue weighted by atomic mass is 79.9. The van der Waals surface area contributed by atoms with E-state index in [-0.39, 0.29) is 32.1 Å². The van der Waals surface area contributed by atoms with E-state index in [4.69, 9.17) is 14.2 Å². The summed E-state index contributed by atoms with van der Waals surface area (Å²) in [6, 6.07) is 6.82. The van der Waals surface area contributed by atoms with Gasteiger partial charge in [0.15, 0.2) is 0 Å². The quantitative estimate of drug-likeness (QED) is 0.318. The van der Waals surface area contributed by atoms with Crippen LogP contribution in [0.1, 0.15) is 37.8 Å². The zero-order valence-electron chi connectivity index (χ0n) is 26.6. The van der Waals surface area contributed by atoms with E-state index in [0.717, 1.165) is 18.7 Å². The summed E-state index contributed by atoms with van der Waals surface area (Å²) in [5.41, 5.74) is -0.666. The van der Waals surface area contributed by atoms with Gasteiger partial charge in [0.05, 0.1) is 43.7 Å². The SMILES string of the molecule is CC[C@@H](CO)N1C(=O)[C@H]2[C@@H]3C(=O)N[C@H](c4ccccc4)COC(=O)CC/C=C\CN(CCN4CCOCC4)C(=O)[C@H]1[C@@]21C=C(Br)[C@@H]3O1. The van der Waals surface area contributed by atoms with E-state index in [1.807, 2.05) is 49.4 Å². The van der Waals surface area contributed by atoms with E-state index in [1.165, 1.54) is 4.90 Å². The molecule has 5 heterocycles. The van der Waals surface area contributed by atoms with Crippen LogP contribution in [0.5, 0.6) is 0 Å². The van der Waals surface area contributed by atoms with Gasteiger partial charge >= 0.3 is 5.97 Å². The molecule has 1 aromatic carbocycles. The second-order valence-corrected chi connectivity index (χ2v) is 13.6. The van der Waals surface area contributed by atoms with Crippen LogP contribution in [0.15, 0.2) is 53.0 Å². The summed E-state index contributed by atoms with van der Waals surface area (Å²) in [5.74, 6) is -3.50. The van der Waals surface area contributed by atoms with Gasteiger partial charge in [0.25, 0.3) is 0 Å². The number of fused-ring (bicyclic) bond motifs is 2. The number of nitrogens with one attached hydrogen (secondary N) is 1. The number of aliphatic hydroxyl groups is 1. The number of carbonyl (C=O) groups excluding carboxylic acids is 4. The predicted octanol–water partition coefficient (Wildman–Crippen LogP) is 1.54. The number of amides is 3. The minimum Gasteiger partial charge on any atom is -0.463 e. The Morgan fingerprint density at radius 1 is 1.06 bits per heavy atom. The second-order valence-electron chi connectivity index (χ2n) is 12.7. The molecule has 5 aliphatic heterocycles. The summed E-state index contributed by atoms with van der Waals surface area (Å²) >= 11 is 3.61. The summed E-state index contributed by atoms with van der Waals surface area (Å²) in [6.07, 6.45) is 5.70. The monoisotopic (exact) mass is 714 g/mol. The van der Waals surface area contributed by atoms with Crippen molar-refractivity contribution in [2.24, 2.45) is 11.8 Å². The van der Waals surface area contributed by atoms with Crippen LogP contribution in [0.4, 0.5) is 0 Å². The number of hydrogen-bond acceptors (Lipinski definition) is 9. The number of rotatable bonds is 7. The first-order valence-electron chi connectivity index (χ1n) is 16.5. The van der Waals surface area contributed by atoms with Gasteiger partial charge in [-0.05, 0) is 24.5 Å². The van der Waals surface area contributed by atoms with E-state index in [1.54, 1.807) is 11.0 Å². The fraction of sp³-hybridized carbons (Fsp3) is 0.588. The van der Waals surface area contributed by atoms with Crippen molar-refractivity contribution in [2.45, 2.75) is 56.0 Å². The molecule has 0 unspecified atom stereocenters. The van der Waals surface area contributed by atoms with Gasteiger partial charge < -0.3 is 34.4 Å². The number of ether oxygens (including phenoxy) is 3. The van der Waals surface area contributed by atoms with Gasteiger partial charge in [0.2, 0.25) is 17.7 Å². The minimum atomic E-state index is -1.41. The molecule has 1 aromatic rings. The third-order valence-electron chi connectivity index (χ3n) is 10.0. The summed E-state index contributed by atoms with van der Waals surface area (Å²) < 4.78 is 18.3. The van der Waals surface area contributed by atoms with Crippen molar-refractivity contribution in [2.75, 3.05) is 59.2 Å². The maximum Gasteiger partial charge on any atom is 0.306 e. The maximum absolute atomic E-state index is 14.8. The summed E-state index contributed by atoms with van der Waals surface area (Å²) in [6.45, 7) is 5.44. The van der Waals surface area contributed by atoms with Gasteiger partial charge in [-0.15, -0.1) is 0 Å². The third-order valence-corrected chi connectivity index (χ3v) is 10.7. The number of nitrogens with zero attached hydrogens (tertiary/aromatic N) is 3. The zero-order valence-corrected chi connectivity index (χ0v) is 28.2. The summed E-state index contributed by atoms with van der Waals surface area (Å²) in [4.78, 5) is 61.8. The van der Waals surface area contributed by atoms with E-state index in [9.17, 15) is 24.3 Å². The molecule has 3 fully saturated rings. The number of hydrogen-bond donors (Lipinski definition) is 2. The van der Waals surface area contributed by atoms with E-state index < -0.39 is 59.5 Å². The Balaban J connectivity index is 1.40. The third kappa shape index (κ3) is 6.52. The average Bonchev–Trinajstić information content (AvgIpc) is 3.68. The molecule has 5 aliphatic rings. The normalized spacial score (nSPS) is 33.3. The number of carbonyl (C=O) groups is 4. The number of allylic oxidation sites excluding steroid dienone is 1. The number of aliphatic hydroxyl groups excluding tert-OH is 1. The van der Waals surface area contributed by atoms with Crippen molar-refractivity contribution in [1.82, 2.24) is 20.0 Å². The zero-order chi connectivity index (χ0) is 33.1. The molecular weight excluding hydrogens is 672 g/mol. The molecule has 0 saturated carbocycles. The fourth-order valence-corrected chi connectivity index (χ4v) is 8.27. The molecule has 0 aliphatic carbocycles. The summed E-state index contributed by atoms with van der Waals surface area (Å²) in [5, 5.41) is 13.5. The molecule has 47 heavy (non-hydrogen) atoms. The van der Waals surface area contributed by atoms with Gasteiger partial charge in [-0.25, -0.2) is 0 Å². The van der Waals surface area contributed by atoms with Crippen molar-refractivity contribution in [1.29, 1.82) is 0 Å². The lowest BCUT2D eigenvalue weighted by molar-refractivity contribution is -0.150. The number of morpholine rings is 1. The van der Waals surface area contributed by atoms with Crippen LogP contribution in [-0.2, 0) is 33.4 Å². The smallest absolute Gasteiger partial charge is 0.306 e. The molecule has 6 rings (SSSR count). The first-order chi connectivity index (χ1) is 22.8. The molecule has 0 radical (unpaired) electrons. The van der Waals surface area contributed by atoms with Gasteiger partial charge in [-0.1, -0.05) is 65.3 Å². The first-order valence-corrected chi connectivity index (χ1v) is 17.3. The molecule has 3 amide bonds. The largest absolute Gasteiger partial charge is 0.463 e. The topological polar surface area (TPSA) is 138 Å². The highest BCUT2D eigenvalue weighted by molar-refractivity contribution is 9.11. The molecule has 13 heteroatoms. The van der Waals surface area contributed by atoms with Crippen LogP contribution in [0.25, 0.3) is 0 Å². The Hall–Kier alpha value is -3.10. The standard InChI is InChI=1S/C34H43BrN4O8/c1-2-23(20-40)39-30-33(44)38(14-13-37-15-17-45-18-16-37)12-8-4-7-11-26(41)46-21-25(22-9-5-3-6-10-22)36-31(42)27-28(32(39)43)34(30)19-24(35)29(27)47-34/h3-6,8-10,19,23,25,27-30,40H,2,7,11-18,20-21H2,1H3,(H,36,42)/b8-4-/t23-,25-,27-,28+,29-,30-,34+/m0/s1. The molecular formula is C34H43BrN4O8. The van der Waals surface area contributed by atoms with E-state index in [0.29, 0.717) is 43.6 Å². The van der Waals surface area contributed by atoms with E-state index in [2.05, 4.69) is 26.1 Å². The van der Waals surface area contributed by atoms with Gasteiger partial charge in [-0.2, -0.15) is 0 Å². The van der Waals surface area contributed by atoms with Crippen molar-refractivity contribution < 1.29 is 38.5 Å². The van der Waals surface area contributed by atoms with Crippen LogP contribution < -0.4 is 5.32 Å². The van der Waals surface area contributed by atoms with Crippen molar-refractivity contribution in [3.05, 3.63) is 58.6 Å². The van der Waals surface area contributed by atoms with Crippen molar-refractivity contribution in [3.63, 3.8) is 0 Å². The van der Waals surface area contributed by atoms with Gasteiger partial charge in [0.1, 0.15) is 24.4 Å². The second kappa shape index (κ2) is 14.6. The van der Waals surface area contributed by atoms with Crippen LogP contribution in [-0.4, -0.2) is 126 Å². The number of likely N-dealkylation sites (tertiary alicyclic amines) is 1. The molecule has 2 N–H and O–H groups in total. The highest BCUT2D eigenvalue weighted by Gasteiger charge is 2.75. The summed E-state index contributed by atoms with van der Waals surface area (Å²) in [7, 11) is 0. The molecule has 0 aromatic heterocycles. The van der Waals surface area contributed by atoms with Crippen LogP contribution in [0.2, 0.25) is 0 Å². The molecule has 3 saturated heterocycles. The number of benzene rings is 1. The highest BCUT2D eigenvalue weighted by Crippen LogP contribution is 2.59. The molecule has 254 valence electrons. The predicted molar refractivity (Wildman–Crippen MR) is 174 cm³/mol. The van der Waals surface area contributed by atoms with Crippen LogP contribution >= 0.6 is 15.9 Å². The molecule has 5 bridgehead atoms. The maximum atomic E-state index is 14.8. The lowest BCUT2D eigenvalue weighted by Gasteiger charge is -2.39. The Bertz CT molecular complexity index is 1400. The fourth-order valence-electron chi connectivity index (χ4n) is 7.54. The number of halogens is 1. The van der Waals surface area contributed by atoms with E-state index >= 15 is 0 Å². The molecule has 7 atom stereocenters. The molecule has 12 nitrogen and oxygen atoms in total. The lowest BCUT2D eigenvalue weighted by Crippen LogP contribution is -2.59. The Labute approximate surface area is 283 Å². The minimum absolute atomic E-state index is 0.0811. The average molecular weight is 716 g/mol. The van der Waals surface area contributed by atoms with Crippen LogP contribution in [0.3, 0.4) is 0 Å². The first kappa shape index (κ1) is 33.8. The lowest BCUT2D eigenvalue weighted by atomic mass is 9.74. The Morgan fingerprint density at radius 3 is 2.55 bits per heavy atom. The van der Waals surface area contributed by atoms with Gasteiger partial charge in [-0.3, -0.25) is 24.1 Å².